The Morgan fingerprint density at radius 3 is 2.02 bits per heavy atom. The van der Waals surface area contributed by atoms with Crippen molar-refractivity contribution in [2.24, 2.45) is 17.3 Å². The molecule has 0 aliphatic rings. The molecule has 1 heteroatoms. The Morgan fingerprint density at radius 1 is 0.875 bits per heavy atom. The fraction of sp³-hybridized carbons (Fsp3) is 0.436. The standard InChI is InChI=1S/C39H57N/c1-14-17-33(39(11,12)13)23-25-40-24-22-30(8)26-31(9)27-32(10)36-20-21-37(34(15-2)29(6)7)35(16-3)38(36)19-18-28(4)5/h14-15,17,20-29,40H,1-2,16,18-19H2,3-13H3/b24-22+,25-23-,30-26-,31-27-,33-17+,36-32+,37-34+. The average molecular weight is 540 g/mol. The van der Waals surface area contributed by atoms with Crippen molar-refractivity contribution in [1.29, 1.82) is 0 Å². The molecule has 0 atom stereocenters. The summed E-state index contributed by atoms with van der Waals surface area (Å²) in [5, 5.41) is 6.03. The fourth-order valence-electron chi connectivity index (χ4n) is 5.04. The Labute approximate surface area is 247 Å². The van der Waals surface area contributed by atoms with Crippen molar-refractivity contribution in [3.63, 3.8) is 0 Å². The first kappa shape index (κ1) is 35.0. The van der Waals surface area contributed by atoms with Gasteiger partial charge in [-0.1, -0.05) is 117 Å². The quantitative estimate of drug-likeness (QED) is 0.246. The van der Waals surface area contributed by atoms with Crippen molar-refractivity contribution in [3.05, 3.63) is 119 Å². The summed E-state index contributed by atoms with van der Waals surface area (Å²) in [5.74, 6) is 1.12. The van der Waals surface area contributed by atoms with Gasteiger partial charge in [-0.05, 0) is 113 Å². The van der Waals surface area contributed by atoms with E-state index < -0.39 is 0 Å². The molecule has 1 aromatic rings. The number of nitrogens with one attached hydrogen (secondary N) is 1. The highest BCUT2D eigenvalue weighted by Gasteiger charge is 2.13. The molecule has 0 spiro atoms. The van der Waals surface area contributed by atoms with Gasteiger partial charge in [0.25, 0.3) is 0 Å². The van der Waals surface area contributed by atoms with Crippen LogP contribution < -0.4 is 15.8 Å². The van der Waals surface area contributed by atoms with Gasteiger partial charge in [-0.15, -0.1) is 0 Å². The lowest BCUT2D eigenvalue weighted by molar-refractivity contribution is 0.517. The van der Waals surface area contributed by atoms with Crippen LogP contribution in [0, 0.1) is 17.3 Å². The van der Waals surface area contributed by atoms with Crippen molar-refractivity contribution >= 4 is 11.1 Å². The second-order valence-corrected chi connectivity index (χ2v) is 12.6. The maximum Gasteiger partial charge on any atom is 0.000738 e. The molecular weight excluding hydrogens is 482 g/mol. The topological polar surface area (TPSA) is 12.0 Å². The summed E-state index contributed by atoms with van der Waals surface area (Å²) >= 11 is 0. The molecule has 0 aliphatic heterocycles. The smallest absolute Gasteiger partial charge is 0.000738 e. The number of rotatable bonds is 13. The Hall–Kier alpha value is -3.06. The van der Waals surface area contributed by atoms with Crippen LogP contribution in [-0.4, -0.2) is 0 Å². The zero-order chi connectivity index (χ0) is 30.5. The molecule has 1 aromatic carbocycles. The van der Waals surface area contributed by atoms with E-state index in [1.807, 2.05) is 18.5 Å². The van der Waals surface area contributed by atoms with Crippen LogP contribution in [0.4, 0.5) is 0 Å². The predicted molar refractivity (Wildman–Crippen MR) is 182 cm³/mol. The summed E-state index contributed by atoms with van der Waals surface area (Å²) in [6, 6.07) is 4.67. The summed E-state index contributed by atoms with van der Waals surface area (Å²) in [4.78, 5) is 0. The second-order valence-electron chi connectivity index (χ2n) is 12.6. The molecule has 0 heterocycles. The van der Waals surface area contributed by atoms with E-state index in [0.717, 1.165) is 12.8 Å². The predicted octanol–water partition coefficient (Wildman–Crippen LogP) is 9.67. The number of benzene rings is 1. The molecule has 0 aromatic heterocycles. The minimum atomic E-state index is 0.0790. The summed E-state index contributed by atoms with van der Waals surface area (Å²) in [6.45, 7) is 32.6. The largest absolute Gasteiger partial charge is 0.368 e. The fourth-order valence-corrected chi connectivity index (χ4v) is 5.04. The monoisotopic (exact) mass is 539 g/mol. The maximum atomic E-state index is 4.14. The van der Waals surface area contributed by atoms with E-state index in [4.69, 9.17) is 0 Å². The normalized spacial score (nSPS) is 15.4. The van der Waals surface area contributed by atoms with E-state index >= 15 is 0 Å². The van der Waals surface area contributed by atoms with Gasteiger partial charge < -0.3 is 5.32 Å². The molecule has 0 amide bonds. The van der Waals surface area contributed by atoms with Crippen LogP contribution in [0.15, 0.2) is 96.9 Å². The summed E-state index contributed by atoms with van der Waals surface area (Å²) < 4.78 is 0. The van der Waals surface area contributed by atoms with Gasteiger partial charge in [0.2, 0.25) is 0 Å². The van der Waals surface area contributed by atoms with Crippen LogP contribution >= 0.6 is 0 Å². The van der Waals surface area contributed by atoms with Crippen LogP contribution in [0.5, 0.6) is 0 Å². The Morgan fingerprint density at radius 2 is 1.50 bits per heavy atom. The minimum absolute atomic E-state index is 0.0790. The Kier molecular flexibility index (Phi) is 14.8. The minimum Gasteiger partial charge on any atom is -0.368 e. The van der Waals surface area contributed by atoms with Crippen molar-refractivity contribution < 1.29 is 0 Å². The Balaban J connectivity index is 3.43. The van der Waals surface area contributed by atoms with E-state index in [2.05, 4.69) is 143 Å². The van der Waals surface area contributed by atoms with Crippen LogP contribution in [0.1, 0.15) is 93.7 Å². The van der Waals surface area contributed by atoms with Gasteiger partial charge in [0.05, 0.1) is 0 Å². The molecule has 0 fully saturated rings. The van der Waals surface area contributed by atoms with Gasteiger partial charge in [-0.2, -0.15) is 0 Å². The zero-order valence-electron chi connectivity index (χ0n) is 27.5. The summed E-state index contributed by atoms with van der Waals surface area (Å²) in [7, 11) is 0. The maximum absolute atomic E-state index is 4.14. The zero-order valence-corrected chi connectivity index (χ0v) is 27.5. The van der Waals surface area contributed by atoms with E-state index in [9.17, 15) is 0 Å². The third-order valence-electron chi connectivity index (χ3n) is 7.20. The lowest BCUT2D eigenvalue weighted by Gasteiger charge is -2.19. The number of allylic oxidation sites excluding steroid dienone is 10. The van der Waals surface area contributed by atoms with Gasteiger partial charge in [-0.3, -0.25) is 0 Å². The van der Waals surface area contributed by atoms with Gasteiger partial charge in [-0.25, -0.2) is 0 Å². The van der Waals surface area contributed by atoms with Crippen molar-refractivity contribution in [3.8, 4) is 0 Å². The van der Waals surface area contributed by atoms with Crippen molar-refractivity contribution in [1.82, 2.24) is 5.32 Å². The van der Waals surface area contributed by atoms with Crippen LogP contribution in [0.3, 0.4) is 0 Å². The molecule has 0 bridgehead atoms. The third kappa shape index (κ3) is 11.2. The summed E-state index contributed by atoms with van der Waals surface area (Å²) in [5.41, 5.74) is 9.42. The molecular formula is C39H57N. The van der Waals surface area contributed by atoms with Gasteiger partial charge in [0.15, 0.2) is 0 Å². The lowest BCUT2D eigenvalue weighted by Crippen LogP contribution is -2.25. The third-order valence-corrected chi connectivity index (χ3v) is 7.20. The number of hydrogen-bond acceptors (Lipinski definition) is 1. The lowest BCUT2D eigenvalue weighted by atomic mass is 9.86. The molecule has 218 valence electrons. The van der Waals surface area contributed by atoms with E-state index in [1.165, 1.54) is 55.9 Å². The molecule has 0 unspecified atom stereocenters. The summed E-state index contributed by atoms with van der Waals surface area (Å²) in [6.07, 6.45) is 22.0. The van der Waals surface area contributed by atoms with Crippen molar-refractivity contribution in [2.45, 2.75) is 95.4 Å². The highest BCUT2D eigenvalue weighted by molar-refractivity contribution is 5.63. The average Bonchev–Trinajstić information content (AvgIpc) is 2.85. The highest BCUT2D eigenvalue weighted by Crippen LogP contribution is 2.26. The molecule has 0 aliphatic carbocycles. The van der Waals surface area contributed by atoms with Gasteiger partial charge in [0.1, 0.15) is 0 Å². The second kappa shape index (κ2) is 16.9. The molecule has 1 rings (SSSR count). The van der Waals surface area contributed by atoms with Gasteiger partial charge in [0, 0.05) is 12.4 Å². The first-order valence-corrected chi connectivity index (χ1v) is 15.0. The van der Waals surface area contributed by atoms with E-state index in [0.29, 0.717) is 11.8 Å². The molecule has 0 saturated heterocycles. The first-order chi connectivity index (χ1) is 18.8. The SMILES string of the molecule is C=C/C=C(\C=C/N/C=C/C(C)=C\C(C)=C/C(C)=c1\cc/c(=C(/C=C)C(C)C)c(CC)c1CCC(C)C)C(C)(C)C. The number of hydrogen-bond donors (Lipinski definition) is 1. The van der Waals surface area contributed by atoms with Crippen LogP contribution in [0.2, 0.25) is 0 Å². The van der Waals surface area contributed by atoms with E-state index in [1.54, 1.807) is 0 Å². The molecule has 1 nitrogen and oxygen atoms in total. The van der Waals surface area contributed by atoms with E-state index in [-0.39, 0.29) is 5.41 Å². The van der Waals surface area contributed by atoms with Crippen LogP contribution in [-0.2, 0) is 12.8 Å². The first-order valence-electron chi connectivity index (χ1n) is 15.0. The molecule has 1 N–H and O–H groups in total. The molecule has 0 radical (unpaired) electrons. The van der Waals surface area contributed by atoms with Crippen LogP contribution in [0.25, 0.3) is 11.1 Å². The van der Waals surface area contributed by atoms with Gasteiger partial charge >= 0.3 is 0 Å². The highest BCUT2D eigenvalue weighted by atomic mass is 14.8. The molecule has 0 saturated carbocycles. The molecule has 40 heavy (non-hydrogen) atoms. The van der Waals surface area contributed by atoms with Crippen molar-refractivity contribution in [2.75, 3.05) is 0 Å². The Bertz CT molecular complexity index is 1280.